The first-order valence-electron chi connectivity index (χ1n) is 10.1. The van der Waals surface area contributed by atoms with Crippen LogP contribution in [-0.2, 0) is 13.0 Å². The SMILES string of the molecule is Cc1n[nH]c2ccc(-c3nnc(NC[C@@H]4Cc5c([nH]c6ccccc56)CN4)s3)cc12. The van der Waals surface area contributed by atoms with Crippen molar-refractivity contribution in [3.8, 4) is 10.6 Å². The third kappa shape index (κ3) is 2.96. The summed E-state index contributed by atoms with van der Waals surface area (Å²) in [6, 6.07) is 15.1. The molecule has 1 atom stereocenters. The molecule has 0 amide bonds. The van der Waals surface area contributed by atoms with E-state index < -0.39 is 0 Å². The van der Waals surface area contributed by atoms with Crippen molar-refractivity contribution in [3.05, 3.63) is 59.4 Å². The molecule has 150 valence electrons. The number of benzene rings is 2. The summed E-state index contributed by atoms with van der Waals surface area (Å²) in [5.41, 5.74) is 7.05. The van der Waals surface area contributed by atoms with Crippen molar-refractivity contribution in [2.24, 2.45) is 0 Å². The van der Waals surface area contributed by atoms with Crippen LogP contribution in [0.25, 0.3) is 32.4 Å². The number of fused-ring (bicyclic) bond motifs is 4. The number of aryl methyl sites for hydroxylation is 1. The van der Waals surface area contributed by atoms with Crippen molar-refractivity contribution in [2.45, 2.75) is 25.9 Å². The molecule has 0 aliphatic carbocycles. The van der Waals surface area contributed by atoms with Gasteiger partial charge in [0.05, 0.1) is 11.2 Å². The minimum absolute atomic E-state index is 0.356. The number of aromatic amines is 2. The fourth-order valence-corrected chi connectivity index (χ4v) is 5.00. The Morgan fingerprint density at radius 3 is 3.00 bits per heavy atom. The van der Waals surface area contributed by atoms with Gasteiger partial charge < -0.3 is 15.6 Å². The molecule has 1 aliphatic heterocycles. The van der Waals surface area contributed by atoms with Gasteiger partial charge in [0.25, 0.3) is 0 Å². The molecule has 4 N–H and O–H groups in total. The summed E-state index contributed by atoms with van der Waals surface area (Å²) < 4.78 is 0. The number of nitrogens with zero attached hydrogens (tertiary/aromatic N) is 3. The fraction of sp³-hybridized carbons (Fsp3) is 0.227. The highest BCUT2D eigenvalue weighted by molar-refractivity contribution is 7.18. The van der Waals surface area contributed by atoms with Gasteiger partial charge in [0.1, 0.15) is 5.01 Å². The first-order valence-corrected chi connectivity index (χ1v) is 10.9. The summed E-state index contributed by atoms with van der Waals surface area (Å²) in [4.78, 5) is 3.54. The van der Waals surface area contributed by atoms with Crippen LogP contribution in [0.4, 0.5) is 5.13 Å². The van der Waals surface area contributed by atoms with E-state index in [4.69, 9.17) is 0 Å². The predicted molar refractivity (Wildman–Crippen MR) is 121 cm³/mol. The van der Waals surface area contributed by atoms with Crippen LogP contribution in [0.1, 0.15) is 17.0 Å². The molecule has 0 unspecified atom stereocenters. The lowest BCUT2D eigenvalue weighted by molar-refractivity contribution is 0.494. The Morgan fingerprint density at radius 1 is 1.10 bits per heavy atom. The maximum absolute atomic E-state index is 4.39. The van der Waals surface area contributed by atoms with Crippen molar-refractivity contribution in [1.82, 2.24) is 30.7 Å². The van der Waals surface area contributed by atoms with Crippen molar-refractivity contribution in [2.75, 3.05) is 11.9 Å². The lowest BCUT2D eigenvalue weighted by atomic mass is 9.98. The van der Waals surface area contributed by atoms with E-state index in [1.165, 1.54) is 22.2 Å². The summed E-state index contributed by atoms with van der Waals surface area (Å²) in [5, 5.41) is 27.4. The van der Waals surface area contributed by atoms with E-state index in [1.807, 2.05) is 13.0 Å². The zero-order valence-electron chi connectivity index (χ0n) is 16.5. The predicted octanol–water partition coefficient (Wildman–Crippen LogP) is 4.00. The zero-order chi connectivity index (χ0) is 20.1. The Bertz CT molecular complexity index is 1360. The van der Waals surface area contributed by atoms with Crippen molar-refractivity contribution >= 4 is 38.3 Å². The van der Waals surface area contributed by atoms with E-state index in [2.05, 4.69) is 72.4 Å². The lowest BCUT2D eigenvalue weighted by Crippen LogP contribution is -2.40. The summed E-state index contributed by atoms with van der Waals surface area (Å²) >= 11 is 1.58. The zero-order valence-corrected chi connectivity index (χ0v) is 17.3. The molecule has 8 heteroatoms. The number of hydrogen-bond acceptors (Lipinski definition) is 6. The van der Waals surface area contributed by atoms with Gasteiger partial charge in [-0.3, -0.25) is 5.10 Å². The molecule has 4 heterocycles. The van der Waals surface area contributed by atoms with Crippen LogP contribution in [0.15, 0.2) is 42.5 Å². The summed E-state index contributed by atoms with van der Waals surface area (Å²) in [7, 11) is 0. The highest BCUT2D eigenvalue weighted by atomic mass is 32.1. The van der Waals surface area contributed by atoms with Crippen LogP contribution in [0.2, 0.25) is 0 Å². The average molecular weight is 416 g/mol. The lowest BCUT2D eigenvalue weighted by Gasteiger charge is -2.24. The van der Waals surface area contributed by atoms with Crippen LogP contribution >= 0.6 is 11.3 Å². The van der Waals surface area contributed by atoms with Gasteiger partial charge >= 0.3 is 0 Å². The van der Waals surface area contributed by atoms with Crippen molar-refractivity contribution in [1.29, 1.82) is 0 Å². The van der Waals surface area contributed by atoms with E-state index in [0.29, 0.717) is 6.04 Å². The molecule has 0 spiro atoms. The summed E-state index contributed by atoms with van der Waals surface area (Å²) in [6.45, 7) is 3.68. The second-order valence-corrected chi connectivity index (χ2v) is 8.75. The number of rotatable bonds is 4. The Labute approximate surface area is 176 Å². The Hall–Kier alpha value is -3.23. The monoisotopic (exact) mass is 415 g/mol. The molecule has 0 saturated carbocycles. The quantitative estimate of drug-likeness (QED) is 0.356. The van der Waals surface area contributed by atoms with Gasteiger partial charge in [-0.15, -0.1) is 10.2 Å². The van der Waals surface area contributed by atoms with Crippen LogP contribution in [0.5, 0.6) is 0 Å². The van der Waals surface area contributed by atoms with E-state index >= 15 is 0 Å². The third-order valence-corrected chi connectivity index (χ3v) is 6.78. The molecule has 7 nitrogen and oxygen atoms in total. The number of aromatic nitrogens is 5. The molecule has 30 heavy (non-hydrogen) atoms. The van der Waals surface area contributed by atoms with Crippen molar-refractivity contribution < 1.29 is 0 Å². The molecule has 5 aromatic rings. The Kier molecular flexibility index (Phi) is 4.07. The number of H-pyrrole nitrogens is 2. The van der Waals surface area contributed by atoms with E-state index in [0.717, 1.165) is 51.8 Å². The second kappa shape index (κ2) is 6.93. The molecule has 3 aromatic heterocycles. The molecule has 2 aromatic carbocycles. The van der Waals surface area contributed by atoms with Crippen LogP contribution in [0, 0.1) is 6.92 Å². The molecule has 0 fully saturated rings. The number of nitrogens with one attached hydrogen (secondary N) is 4. The molecule has 0 saturated heterocycles. The molecular weight excluding hydrogens is 394 g/mol. The molecule has 1 aliphatic rings. The Morgan fingerprint density at radius 2 is 2.03 bits per heavy atom. The molecule has 0 bridgehead atoms. The van der Waals surface area contributed by atoms with Crippen molar-refractivity contribution in [3.63, 3.8) is 0 Å². The van der Waals surface area contributed by atoms with E-state index in [9.17, 15) is 0 Å². The average Bonchev–Trinajstić information content (AvgIpc) is 3.49. The third-order valence-electron chi connectivity index (χ3n) is 5.85. The van der Waals surface area contributed by atoms with Crippen LogP contribution < -0.4 is 10.6 Å². The number of hydrogen-bond donors (Lipinski definition) is 4. The van der Waals surface area contributed by atoms with Gasteiger partial charge in [-0.05, 0) is 43.2 Å². The highest BCUT2D eigenvalue weighted by Gasteiger charge is 2.22. The summed E-state index contributed by atoms with van der Waals surface area (Å²) in [5.74, 6) is 0. The largest absolute Gasteiger partial charge is 0.358 e. The molecule has 0 radical (unpaired) electrons. The minimum Gasteiger partial charge on any atom is -0.358 e. The van der Waals surface area contributed by atoms with Gasteiger partial charge in [0.15, 0.2) is 0 Å². The fourth-order valence-electron chi connectivity index (χ4n) is 4.25. The van der Waals surface area contributed by atoms with E-state index in [-0.39, 0.29) is 0 Å². The normalized spacial score (nSPS) is 16.2. The summed E-state index contributed by atoms with van der Waals surface area (Å²) in [6.07, 6.45) is 0.994. The first kappa shape index (κ1) is 17.6. The maximum Gasteiger partial charge on any atom is 0.206 e. The molecule has 6 rings (SSSR count). The topological polar surface area (TPSA) is 94.3 Å². The molecular formula is C22H21N7S. The van der Waals surface area contributed by atoms with Gasteiger partial charge in [-0.1, -0.05) is 29.5 Å². The Balaban J connectivity index is 1.17. The van der Waals surface area contributed by atoms with Gasteiger partial charge in [-0.25, -0.2) is 0 Å². The number of anilines is 1. The van der Waals surface area contributed by atoms with Crippen LogP contribution in [-0.4, -0.2) is 38.0 Å². The van der Waals surface area contributed by atoms with Gasteiger partial charge in [0, 0.05) is 46.7 Å². The number of para-hydroxylation sites is 1. The van der Waals surface area contributed by atoms with Gasteiger partial charge in [-0.2, -0.15) is 5.10 Å². The maximum atomic E-state index is 4.39. The standard InChI is InChI=1S/C22H21N7S/c1-12-16-8-13(6-7-19(16)27-26-12)21-28-29-22(30-21)24-10-14-9-17-15-4-2-3-5-18(15)25-20(17)11-23-14/h2-8,14,23,25H,9-11H2,1H3,(H,24,29)(H,26,27)/t14-/m0/s1. The minimum atomic E-state index is 0.356. The van der Waals surface area contributed by atoms with Gasteiger partial charge in [0.2, 0.25) is 5.13 Å². The highest BCUT2D eigenvalue weighted by Crippen LogP contribution is 2.30. The smallest absolute Gasteiger partial charge is 0.206 e. The first-order chi connectivity index (χ1) is 14.7. The second-order valence-electron chi connectivity index (χ2n) is 7.77. The van der Waals surface area contributed by atoms with Crippen LogP contribution in [0.3, 0.4) is 0 Å². The van der Waals surface area contributed by atoms with E-state index in [1.54, 1.807) is 11.3 Å².